The van der Waals surface area contributed by atoms with Crippen LogP contribution in [0.4, 0.5) is 5.69 Å². The van der Waals surface area contributed by atoms with Crippen molar-refractivity contribution in [1.29, 1.82) is 0 Å². The minimum atomic E-state index is -0.349. The Kier molecular flexibility index (Phi) is 6.21. The molecule has 0 aliphatic carbocycles. The predicted octanol–water partition coefficient (Wildman–Crippen LogP) is 1.58. The van der Waals surface area contributed by atoms with Gasteiger partial charge < -0.3 is 24.3 Å². The van der Waals surface area contributed by atoms with Gasteiger partial charge in [-0.25, -0.2) is 4.98 Å². The zero-order valence-electron chi connectivity index (χ0n) is 17.3. The maximum absolute atomic E-state index is 12.5. The molecule has 1 aromatic carbocycles. The fraction of sp³-hybridized carbons (Fsp3) is 0.524. The first-order valence-corrected chi connectivity index (χ1v) is 10.3. The van der Waals surface area contributed by atoms with E-state index in [0.717, 1.165) is 26.2 Å². The van der Waals surface area contributed by atoms with E-state index in [9.17, 15) is 9.90 Å². The number of fused-ring (bicyclic) bond motifs is 1. The summed E-state index contributed by atoms with van der Waals surface area (Å²) in [5, 5.41) is 12.6. The van der Waals surface area contributed by atoms with Gasteiger partial charge in [0, 0.05) is 44.0 Å². The molecule has 0 spiro atoms. The van der Waals surface area contributed by atoms with E-state index < -0.39 is 0 Å². The zero-order chi connectivity index (χ0) is 21.1. The Morgan fingerprint density at radius 3 is 2.63 bits per heavy atom. The molecule has 1 fully saturated rings. The summed E-state index contributed by atoms with van der Waals surface area (Å²) in [5.41, 5.74) is 0.846. The lowest BCUT2D eigenvalue weighted by atomic mass is 10.1. The van der Waals surface area contributed by atoms with Gasteiger partial charge in [-0.15, -0.1) is 0 Å². The highest BCUT2D eigenvalue weighted by molar-refractivity contribution is 6.02. The molecule has 3 heterocycles. The van der Waals surface area contributed by atoms with Gasteiger partial charge in [0.2, 0.25) is 5.89 Å². The summed E-state index contributed by atoms with van der Waals surface area (Å²) < 4.78 is 16.5. The summed E-state index contributed by atoms with van der Waals surface area (Å²) in [7, 11) is 0. The van der Waals surface area contributed by atoms with Gasteiger partial charge in [0.05, 0.1) is 12.6 Å². The van der Waals surface area contributed by atoms with Gasteiger partial charge >= 0.3 is 0 Å². The fourth-order valence-corrected chi connectivity index (χ4v) is 3.63. The molecule has 2 aliphatic rings. The van der Waals surface area contributed by atoms with E-state index in [-0.39, 0.29) is 23.7 Å². The van der Waals surface area contributed by atoms with Gasteiger partial charge in [0.1, 0.15) is 19.5 Å². The average Bonchev–Trinajstić information content (AvgIpc) is 3.22. The van der Waals surface area contributed by atoms with E-state index in [2.05, 4.69) is 20.1 Å². The second-order valence-corrected chi connectivity index (χ2v) is 7.73. The third kappa shape index (κ3) is 4.75. The van der Waals surface area contributed by atoms with Crippen LogP contribution in [0, 0.1) is 0 Å². The predicted molar refractivity (Wildman–Crippen MR) is 110 cm³/mol. The van der Waals surface area contributed by atoms with Crippen molar-refractivity contribution in [3.63, 3.8) is 0 Å². The molecule has 1 saturated heterocycles. The van der Waals surface area contributed by atoms with Gasteiger partial charge in [-0.2, -0.15) is 0 Å². The lowest BCUT2D eigenvalue weighted by molar-refractivity contribution is 0.0316. The number of anilines is 1. The summed E-state index contributed by atoms with van der Waals surface area (Å²) in [5.74, 6) is 1.46. The highest BCUT2D eigenvalue weighted by Gasteiger charge is 2.25. The molecule has 1 amide bonds. The molecular weight excluding hydrogens is 388 g/mol. The van der Waals surface area contributed by atoms with Gasteiger partial charge in [-0.1, -0.05) is 0 Å². The lowest BCUT2D eigenvalue weighted by Gasteiger charge is -2.38. The molecule has 2 atom stereocenters. The number of oxazole rings is 1. The Hall–Kier alpha value is -2.62. The first kappa shape index (κ1) is 20.6. The third-order valence-corrected chi connectivity index (χ3v) is 5.62. The quantitative estimate of drug-likeness (QED) is 0.732. The molecule has 0 bridgehead atoms. The maximum atomic E-state index is 12.5. The number of rotatable bonds is 6. The van der Waals surface area contributed by atoms with Crippen LogP contribution in [0.2, 0.25) is 0 Å². The largest absolute Gasteiger partial charge is 0.486 e. The number of benzene rings is 1. The second-order valence-electron chi connectivity index (χ2n) is 7.73. The van der Waals surface area contributed by atoms with Crippen LogP contribution in [0.1, 0.15) is 30.2 Å². The van der Waals surface area contributed by atoms with Crippen LogP contribution in [0.15, 0.2) is 28.9 Å². The Bertz CT molecular complexity index is 876. The van der Waals surface area contributed by atoms with Crippen LogP contribution < -0.4 is 14.8 Å². The van der Waals surface area contributed by atoms with E-state index in [1.807, 2.05) is 13.8 Å². The van der Waals surface area contributed by atoms with Crippen LogP contribution in [0.3, 0.4) is 0 Å². The number of ether oxygens (including phenoxy) is 2. The molecule has 0 radical (unpaired) electrons. The van der Waals surface area contributed by atoms with Crippen molar-refractivity contribution in [1.82, 2.24) is 14.8 Å². The van der Waals surface area contributed by atoms with Crippen molar-refractivity contribution >= 4 is 11.6 Å². The molecule has 4 rings (SSSR count). The number of amides is 1. The van der Waals surface area contributed by atoms with E-state index in [1.54, 1.807) is 18.2 Å². The zero-order valence-corrected chi connectivity index (χ0v) is 17.3. The first-order valence-electron chi connectivity index (χ1n) is 10.3. The summed E-state index contributed by atoms with van der Waals surface area (Å²) >= 11 is 0. The Morgan fingerprint density at radius 2 is 1.90 bits per heavy atom. The summed E-state index contributed by atoms with van der Waals surface area (Å²) in [4.78, 5) is 21.4. The lowest BCUT2D eigenvalue weighted by Crippen LogP contribution is -2.51. The number of aliphatic hydroxyl groups is 1. The fourth-order valence-electron chi connectivity index (χ4n) is 3.63. The van der Waals surface area contributed by atoms with Crippen LogP contribution >= 0.6 is 0 Å². The maximum Gasteiger partial charge on any atom is 0.277 e. The second kappa shape index (κ2) is 9.03. The first-order chi connectivity index (χ1) is 14.5. The average molecular weight is 416 g/mol. The molecule has 1 aromatic heterocycles. The van der Waals surface area contributed by atoms with Crippen molar-refractivity contribution < 1.29 is 23.8 Å². The monoisotopic (exact) mass is 416 g/mol. The van der Waals surface area contributed by atoms with Crippen LogP contribution in [0.25, 0.3) is 0 Å². The van der Waals surface area contributed by atoms with Gasteiger partial charge in [-0.3, -0.25) is 14.6 Å². The Balaban J connectivity index is 1.30. The highest BCUT2D eigenvalue weighted by atomic mass is 16.6. The normalized spacial score (nSPS) is 19.3. The van der Waals surface area contributed by atoms with Crippen molar-refractivity contribution in [2.24, 2.45) is 0 Å². The summed E-state index contributed by atoms with van der Waals surface area (Å²) in [6.45, 7) is 8.90. The van der Waals surface area contributed by atoms with E-state index in [1.165, 1.54) is 6.26 Å². The Morgan fingerprint density at radius 1 is 1.17 bits per heavy atom. The summed E-state index contributed by atoms with van der Waals surface area (Å²) in [6, 6.07) is 5.42. The third-order valence-electron chi connectivity index (χ3n) is 5.62. The van der Waals surface area contributed by atoms with Gasteiger partial charge in [0.25, 0.3) is 5.91 Å². The smallest absolute Gasteiger partial charge is 0.277 e. The number of nitrogens with one attached hydrogen (secondary N) is 1. The molecule has 0 saturated carbocycles. The minimum absolute atomic E-state index is 0.143. The molecule has 2 unspecified atom stereocenters. The number of hydrogen-bond acceptors (Lipinski definition) is 8. The van der Waals surface area contributed by atoms with E-state index in [0.29, 0.717) is 42.8 Å². The topological polar surface area (TPSA) is 100 Å². The minimum Gasteiger partial charge on any atom is -0.486 e. The Labute approximate surface area is 175 Å². The molecule has 2 aromatic rings. The standard InChI is InChI=1S/C21H28N4O5/c1-14(15(2)26)25-7-5-24(6-8-25)12-20-23-17(13-30-20)21(27)22-16-3-4-18-19(11-16)29-10-9-28-18/h3-4,11,13-15,26H,5-10,12H2,1-2H3,(H,22,27). The number of carbonyl (C=O) groups is 1. The molecule has 2 N–H and O–H groups in total. The van der Waals surface area contributed by atoms with Crippen LogP contribution in [-0.2, 0) is 6.54 Å². The van der Waals surface area contributed by atoms with Crippen molar-refractivity contribution in [2.45, 2.75) is 32.5 Å². The molecule has 9 nitrogen and oxygen atoms in total. The molecule has 9 heteroatoms. The molecule has 162 valence electrons. The number of nitrogens with zero attached hydrogens (tertiary/aromatic N) is 3. The van der Waals surface area contributed by atoms with Gasteiger partial charge in [0.15, 0.2) is 17.2 Å². The summed E-state index contributed by atoms with van der Waals surface area (Å²) in [6.07, 6.45) is 1.03. The molecular formula is C21H28N4O5. The number of carbonyl (C=O) groups excluding carboxylic acids is 1. The van der Waals surface area contributed by atoms with Crippen LogP contribution in [-0.4, -0.2) is 77.3 Å². The van der Waals surface area contributed by atoms with Crippen molar-refractivity contribution in [3.05, 3.63) is 36.0 Å². The van der Waals surface area contributed by atoms with Crippen molar-refractivity contribution in [2.75, 3.05) is 44.7 Å². The highest BCUT2D eigenvalue weighted by Crippen LogP contribution is 2.32. The molecule has 2 aliphatic heterocycles. The van der Waals surface area contributed by atoms with E-state index >= 15 is 0 Å². The number of aliphatic hydroxyl groups excluding tert-OH is 1. The van der Waals surface area contributed by atoms with Gasteiger partial charge in [-0.05, 0) is 26.0 Å². The number of aromatic nitrogens is 1. The van der Waals surface area contributed by atoms with Crippen molar-refractivity contribution in [3.8, 4) is 11.5 Å². The number of piperazine rings is 1. The van der Waals surface area contributed by atoms with E-state index in [4.69, 9.17) is 13.9 Å². The SMILES string of the molecule is CC(O)C(C)N1CCN(Cc2nc(C(=O)Nc3ccc4c(c3)OCCO4)co2)CC1. The molecule has 30 heavy (non-hydrogen) atoms. The number of hydrogen-bond donors (Lipinski definition) is 2. The van der Waals surface area contributed by atoms with Crippen LogP contribution in [0.5, 0.6) is 11.5 Å².